The van der Waals surface area contributed by atoms with E-state index in [4.69, 9.17) is 10.5 Å². The standard InChI is InChI=1S/C19H23N5O5/c1-2-12(10-3-5-11(26)6-4-10)19(16(28)15(27)13(7-25)29-19)24-9-23-14-17(20)21-8-22-18(14)24/h3-6,8-9,12-13,15-16,25-28H,2,7H2,1H3,(H2,20,21,22)/t12?,13-,15-,16-,19-/m1/s1. The quantitative estimate of drug-likeness (QED) is 0.399. The van der Waals surface area contributed by atoms with Crippen molar-refractivity contribution in [2.24, 2.45) is 0 Å². The van der Waals surface area contributed by atoms with Crippen LogP contribution in [0, 0.1) is 0 Å². The fourth-order valence-corrected chi connectivity index (χ4v) is 4.21. The van der Waals surface area contributed by atoms with Gasteiger partial charge in [-0.25, -0.2) is 15.0 Å². The number of benzene rings is 1. The van der Waals surface area contributed by atoms with E-state index in [-0.39, 0.29) is 11.6 Å². The number of hydrogen-bond donors (Lipinski definition) is 5. The van der Waals surface area contributed by atoms with Gasteiger partial charge in [0.25, 0.3) is 0 Å². The van der Waals surface area contributed by atoms with Crippen LogP contribution in [0.15, 0.2) is 36.9 Å². The molecule has 5 atom stereocenters. The van der Waals surface area contributed by atoms with E-state index in [1.807, 2.05) is 6.92 Å². The Balaban J connectivity index is 1.97. The summed E-state index contributed by atoms with van der Waals surface area (Å²) in [6, 6.07) is 6.53. The lowest BCUT2D eigenvalue weighted by Gasteiger charge is -2.40. The maximum absolute atomic E-state index is 11.2. The number of aliphatic hydroxyl groups is 3. The lowest BCUT2D eigenvalue weighted by Crippen LogP contribution is -2.50. The zero-order valence-electron chi connectivity index (χ0n) is 15.8. The number of ether oxygens (including phenoxy) is 1. The summed E-state index contributed by atoms with van der Waals surface area (Å²) in [6.07, 6.45) is -0.504. The van der Waals surface area contributed by atoms with E-state index < -0.39 is 36.6 Å². The topological polar surface area (TPSA) is 160 Å². The molecule has 1 saturated heterocycles. The number of fused-ring (bicyclic) bond motifs is 1. The zero-order valence-corrected chi connectivity index (χ0v) is 15.8. The largest absolute Gasteiger partial charge is 0.508 e. The first kappa shape index (κ1) is 19.5. The van der Waals surface area contributed by atoms with Gasteiger partial charge in [0.1, 0.15) is 35.9 Å². The van der Waals surface area contributed by atoms with Gasteiger partial charge in [-0.15, -0.1) is 0 Å². The van der Waals surface area contributed by atoms with Crippen LogP contribution in [-0.4, -0.2) is 64.9 Å². The van der Waals surface area contributed by atoms with Crippen molar-refractivity contribution in [1.29, 1.82) is 0 Å². The number of aromatic hydroxyl groups is 1. The Kier molecular flexibility index (Phi) is 4.87. The number of nitrogens with zero attached hydrogens (tertiary/aromatic N) is 4. The number of imidazole rings is 1. The summed E-state index contributed by atoms with van der Waals surface area (Å²) in [5.74, 6) is -0.196. The monoisotopic (exact) mass is 401 g/mol. The van der Waals surface area contributed by atoms with Gasteiger partial charge in [-0.2, -0.15) is 0 Å². The second kappa shape index (κ2) is 7.23. The molecule has 10 nitrogen and oxygen atoms in total. The van der Waals surface area contributed by atoms with E-state index in [1.165, 1.54) is 12.7 Å². The average Bonchev–Trinajstić information content (AvgIpc) is 3.26. The van der Waals surface area contributed by atoms with Crippen molar-refractivity contribution in [2.75, 3.05) is 12.3 Å². The number of hydrogen-bond acceptors (Lipinski definition) is 9. The van der Waals surface area contributed by atoms with Gasteiger partial charge in [0.05, 0.1) is 12.9 Å². The molecular weight excluding hydrogens is 378 g/mol. The zero-order chi connectivity index (χ0) is 20.8. The summed E-state index contributed by atoms with van der Waals surface area (Å²) in [4.78, 5) is 12.5. The molecule has 154 valence electrons. The molecule has 0 bridgehead atoms. The molecule has 0 saturated carbocycles. The summed E-state index contributed by atoms with van der Waals surface area (Å²) in [5.41, 5.74) is 5.83. The van der Waals surface area contributed by atoms with Gasteiger partial charge in [-0.1, -0.05) is 19.1 Å². The number of rotatable bonds is 5. The van der Waals surface area contributed by atoms with Crippen molar-refractivity contribution in [3.05, 3.63) is 42.5 Å². The first-order chi connectivity index (χ1) is 13.9. The number of aliphatic hydroxyl groups excluding tert-OH is 3. The Morgan fingerprint density at radius 3 is 2.55 bits per heavy atom. The number of aromatic nitrogens is 4. The Bertz CT molecular complexity index is 1010. The Hall–Kier alpha value is -2.79. The first-order valence-corrected chi connectivity index (χ1v) is 9.31. The fourth-order valence-electron chi connectivity index (χ4n) is 4.21. The van der Waals surface area contributed by atoms with Gasteiger partial charge in [0.2, 0.25) is 0 Å². The number of anilines is 1. The normalized spacial score (nSPS) is 28.1. The predicted molar refractivity (Wildman–Crippen MR) is 103 cm³/mol. The molecule has 0 amide bonds. The van der Waals surface area contributed by atoms with Crippen LogP contribution in [-0.2, 0) is 10.5 Å². The molecule has 1 fully saturated rings. The SMILES string of the molecule is CCC(c1ccc(O)cc1)[C@@]1(n2cnc3c(N)ncnc32)O[C@H](CO)[C@@H](O)[C@H]1O. The van der Waals surface area contributed by atoms with Crippen LogP contribution in [0.4, 0.5) is 5.82 Å². The van der Waals surface area contributed by atoms with Gasteiger partial charge in [-0.05, 0) is 24.1 Å². The molecule has 0 spiro atoms. The number of nitrogens with two attached hydrogens (primary N) is 1. The Morgan fingerprint density at radius 1 is 1.21 bits per heavy atom. The van der Waals surface area contributed by atoms with E-state index >= 15 is 0 Å². The minimum atomic E-state index is -1.52. The van der Waals surface area contributed by atoms with Crippen LogP contribution < -0.4 is 5.73 Å². The summed E-state index contributed by atoms with van der Waals surface area (Å²) in [6.45, 7) is 1.44. The molecule has 0 aliphatic carbocycles. The second-order valence-corrected chi connectivity index (χ2v) is 7.12. The van der Waals surface area contributed by atoms with Crippen LogP contribution in [0.25, 0.3) is 11.2 Å². The van der Waals surface area contributed by atoms with Gasteiger partial charge < -0.3 is 30.9 Å². The predicted octanol–water partition coefficient (Wildman–Crippen LogP) is 0.0736. The second-order valence-electron chi connectivity index (χ2n) is 7.12. The van der Waals surface area contributed by atoms with Crippen LogP contribution in [0.1, 0.15) is 24.8 Å². The van der Waals surface area contributed by atoms with Gasteiger partial charge in [0, 0.05) is 5.92 Å². The number of nitrogen functional groups attached to an aromatic ring is 1. The number of phenols is 1. The number of phenolic OH excluding ortho intramolecular Hbond substituents is 1. The molecule has 4 rings (SSSR count). The third kappa shape index (κ3) is 2.84. The minimum absolute atomic E-state index is 0.104. The highest BCUT2D eigenvalue weighted by Gasteiger charge is 2.59. The maximum Gasteiger partial charge on any atom is 0.183 e. The average molecular weight is 401 g/mol. The van der Waals surface area contributed by atoms with Crippen LogP contribution in [0.2, 0.25) is 0 Å². The van der Waals surface area contributed by atoms with E-state index in [9.17, 15) is 20.4 Å². The molecule has 1 aromatic carbocycles. The molecule has 1 aliphatic heterocycles. The molecule has 2 aromatic heterocycles. The summed E-state index contributed by atoms with van der Waals surface area (Å²) in [7, 11) is 0. The van der Waals surface area contributed by atoms with Crippen molar-refractivity contribution in [3.8, 4) is 5.75 Å². The highest BCUT2D eigenvalue weighted by Crippen LogP contribution is 2.48. The van der Waals surface area contributed by atoms with Gasteiger partial charge in [-0.3, -0.25) is 4.57 Å². The first-order valence-electron chi connectivity index (χ1n) is 9.31. The molecule has 1 unspecified atom stereocenters. The Morgan fingerprint density at radius 2 is 1.93 bits per heavy atom. The molecule has 0 radical (unpaired) electrons. The fraction of sp³-hybridized carbons (Fsp3) is 0.421. The highest BCUT2D eigenvalue weighted by molar-refractivity contribution is 5.81. The minimum Gasteiger partial charge on any atom is -0.508 e. The summed E-state index contributed by atoms with van der Waals surface area (Å²) >= 11 is 0. The summed E-state index contributed by atoms with van der Waals surface area (Å²) < 4.78 is 7.71. The molecule has 29 heavy (non-hydrogen) atoms. The van der Waals surface area contributed by atoms with Crippen LogP contribution in [0.5, 0.6) is 5.75 Å². The third-order valence-electron chi connectivity index (χ3n) is 5.59. The molecule has 1 aliphatic rings. The highest BCUT2D eigenvalue weighted by atomic mass is 16.6. The van der Waals surface area contributed by atoms with Gasteiger partial charge in [0.15, 0.2) is 17.2 Å². The van der Waals surface area contributed by atoms with Crippen molar-refractivity contribution < 1.29 is 25.2 Å². The lowest BCUT2D eigenvalue weighted by atomic mass is 9.81. The molecule has 3 heterocycles. The van der Waals surface area contributed by atoms with Crippen molar-refractivity contribution in [1.82, 2.24) is 19.5 Å². The molecular formula is C19H23N5O5. The smallest absolute Gasteiger partial charge is 0.183 e. The molecule has 3 aromatic rings. The molecule has 10 heteroatoms. The van der Waals surface area contributed by atoms with Crippen LogP contribution in [0.3, 0.4) is 0 Å². The van der Waals surface area contributed by atoms with Crippen molar-refractivity contribution >= 4 is 17.0 Å². The maximum atomic E-state index is 11.2. The third-order valence-corrected chi connectivity index (χ3v) is 5.59. The van der Waals surface area contributed by atoms with Gasteiger partial charge >= 0.3 is 0 Å². The van der Waals surface area contributed by atoms with E-state index in [0.717, 1.165) is 5.56 Å². The van der Waals surface area contributed by atoms with Crippen molar-refractivity contribution in [2.45, 2.75) is 43.3 Å². The summed E-state index contributed by atoms with van der Waals surface area (Å²) in [5, 5.41) is 41.1. The van der Waals surface area contributed by atoms with Crippen molar-refractivity contribution in [3.63, 3.8) is 0 Å². The van der Waals surface area contributed by atoms with E-state index in [0.29, 0.717) is 17.6 Å². The van der Waals surface area contributed by atoms with E-state index in [2.05, 4.69) is 15.0 Å². The lowest BCUT2D eigenvalue weighted by molar-refractivity contribution is -0.163. The molecule has 6 N–H and O–H groups in total. The van der Waals surface area contributed by atoms with Crippen LogP contribution >= 0.6 is 0 Å². The van der Waals surface area contributed by atoms with E-state index in [1.54, 1.807) is 28.8 Å². The Labute approximate surface area is 166 Å².